The van der Waals surface area contributed by atoms with Gasteiger partial charge in [0.25, 0.3) is 0 Å². The summed E-state index contributed by atoms with van der Waals surface area (Å²) in [5.74, 6) is -0.928. The normalized spacial score (nSPS) is 27.8. The zero-order valence-corrected chi connectivity index (χ0v) is 7.67. The summed E-state index contributed by atoms with van der Waals surface area (Å²) in [7, 11) is 0. The first-order chi connectivity index (χ1) is 5.66. The molecule has 0 aromatic heterocycles. The van der Waals surface area contributed by atoms with Gasteiger partial charge in [-0.1, -0.05) is 16.8 Å². The second kappa shape index (κ2) is 3.76. The highest BCUT2D eigenvalue weighted by atomic mass is 35.5. The molecule has 5 heteroatoms. The lowest BCUT2D eigenvalue weighted by atomic mass is 10.1. The van der Waals surface area contributed by atoms with Gasteiger partial charge in [-0.05, 0) is 13.8 Å². The Morgan fingerprint density at radius 1 is 1.83 bits per heavy atom. The van der Waals surface area contributed by atoms with Crippen molar-refractivity contribution in [3.63, 3.8) is 0 Å². The van der Waals surface area contributed by atoms with Crippen LogP contribution in [-0.2, 0) is 14.4 Å². The van der Waals surface area contributed by atoms with Crippen LogP contribution in [0, 0.1) is 5.92 Å². The number of carbonyl (C=O) groups is 1. The number of hydrogen-bond donors (Lipinski definition) is 0. The Balaban J connectivity index is 2.61. The van der Waals surface area contributed by atoms with Gasteiger partial charge >= 0.3 is 5.97 Å². The Kier molecular flexibility index (Phi) is 2.92. The van der Waals surface area contributed by atoms with Crippen LogP contribution in [0.4, 0.5) is 0 Å². The van der Waals surface area contributed by atoms with Crippen LogP contribution in [0.15, 0.2) is 5.16 Å². The van der Waals surface area contributed by atoms with Crippen LogP contribution in [0.2, 0.25) is 0 Å². The first-order valence-corrected chi connectivity index (χ1v) is 4.10. The van der Waals surface area contributed by atoms with Gasteiger partial charge in [0.1, 0.15) is 6.10 Å². The molecule has 0 spiro atoms. The Morgan fingerprint density at radius 2 is 2.50 bits per heavy atom. The summed E-state index contributed by atoms with van der Waals surface area (Å²) in [6.45, 7) is 3.80. The second-order valence-electron chi connectivity index (χ2n) is 2.45. The summed E-state index contributed by atoms with van der Waals surface area (Å²) < 4.78 is 4.78. The van der Waals surface area contributed by atoms with Crippen molar-refractivity contribution in [2.24, 2.45) is 11.1 Å². The van der Waals surface area contributed by atoms with E-state index in [1.165, 1.54) is 0 Å². The van der Waals surface area contributed by atoms with E-state index < -0.39 is 5.92 Å². The van der Waals surface area contributed by atoms with E-state index >= 15 is 0 Å². The fraction of sp³-hybridized carbons (Fsp3) is 0.714. The molecule has 0 aromatic carbocycles. The molecule has 0 aliphatic carbocycles. The van der Waals surface area contributed by atoms with Gasteiger partial charge in [-0.2, -0.15) is 0 Å². The topological polar surface area (TPSA) is 47.9 Å². The lowest BCUT2D eigenvalue weighted by molar-refractivity contribution is -0.148. The molecule has 0 fully saturated rings. The largest absolute Gasteiger partial charge is 0.465 e. The van der Waals surface area contributed by atoms with Crippen molar-refractivity contribution in [1.82, 2.24) is 0 Å². The first-order valence-electron chi connectivity index (χ1n) is 3.72. The smallest absolute Gasteiger partial charge is 0.320 e. The number of rotatable bonds is 2. The van der Waals surface area contributed by atoms with Crippen molar-refractivity contribution in [2.75, 3.05) is 6.61 Å². The predicted molar refractivity (Wildman–Crippen MR) is 44.0 cm³/mol. The molecular weight excluding hydrogens is 182 g/mol. The summed E-state index contributed by atoms with van der Waals surface area (Å²) in [6.07, 6.45) is -0.323. The van der Waals surface area contributed by atoms with Crippen LogP contribution >= 0.6 is 11.6 Å². The van der Waals surface area contributed by atoms with Gasteiger partial charge in [0, 0.05) is 0 Å². The minimum absolute atomic E-state index is 0.168. The number of ether oxygens (including phenoxy) is 1. The highest BCUT2D eigenvalue weighted by molar-refractivity contribution is 6.67. The number of halogens is 1. The van der Waals surface area contributed by atoms with E-state index in [-0.39, 0.29) is 17.2 Å². The highest BCUT2D eigenvalue weighted by Gasteiger charge is 2.37. The average molecular weight is 192 g/mol. The zero-order chi connectivity index (χ0) is 9.14. The van der Waals surface area contributed by atoms with Gasteiger partial charge in [0.2, 0.25) is 0 Å². The van der Waals surface area contributed by atoms with Crippen molar-refractivity contribution in [3.05, 3.63) is 0 Å². The second-order valence-corrected chi connectivity index (χ2v) is 2.84. The molecule has 0 radical (unpaired) electrons. The number of oxime groups is 1. The molecule has 0 amide bonds. The van der Waals surface area contributed by atoms with Crippen molar-refractivity contribution < 1.29 is 14.4 Å². The molecule has 12 heavy (non-hydrogen) atoms. The van der Waals surface area contributed by atoms with Gasteiger partial charge in [0.05, 0.1) is 6.61 Å². The van der Waals surface area contributed by atoms with E-state index in [0.29, 0.717) is 6.61 Å². The van der Waals surface area contributed by atoms with E-state index in [2.05, 4.69) is 5.16 Å². The third-order valence-electron chi connectivity index (χ3n) is 1.57. The van der Waals surface area contributed by atoms with Crippen LogP contribution in [0.5, 0.6) is 0 Å². The van der Waals surface area contributed by atoms with E-state index in [9.17, 15) is 4.79 Å². The molecule has 1 aliphatic rings. The number of nitrogens with zero attached hydrogens (tertiary/aromatic N) is 1. The monoisotopic (exact) mass is 191 g/mol. The molecular formula is C7H10ClNO3. The SMILES string of the molecule is CCOC(=O)C1C(Cl)=NOC1C. The van der Waals surface area contributed by atoms with E-state index in [1.807, 2.05) is 0 Å². The molecule has 0 aromatic rings. The summed E-state index contributed by atoms with van der Waals surface area (Å²) in [6, 6.07) is 0. The summed E-state index contributed by atoms with van der Waals surface area (Å²) >= 11 is 5.63. The molecule has 1 rings (SSSR count). The minimum Gasteiger partial charge on any atom is -0.465 e. The Labute approximate surface area is 75.5 Å². The predicted octanol–water partition coefficient (Wildman–Crippen LogP) is 1.14. The summed E-state index contributed by atoms with van der Waals surface area (Å²) in [5, 5.41) is 3.65. The number of carbonyl (C=O) groups excluding carboxylic acids is 1. The number of hydrogen-bond acceptors (Lipinski definition) is 4. The first kappa shape index (κ1) is 9.32. The van der Waals surface area contributed by atoms with Crippen molar-refractivity contribution >= 4 is 22.7 Å². The molecule has 1 aliphatic heterocycles. The number of esters is 1. The molecule has 0 saturated heterocycles. The fourth-order valence-electron chi connectivity index (χ4n) is 0.966. The van der Waals surface area contributed by atoms with Crippen LogP contribution in [0.1, 0.15) is 13.8 Å². The van der Waals surface area contributed by atoms with Crippen LogP contribution in [0.3, 0.4) is 0 Å². The Bertz CT molecular complexity index is 217. The van der Waals surface area contributed by atoms with Crippen molar-refractivity contribution in [2.45, 2.75) is 20.0 Å². The summed E-state index contributed by atoms with van der Waals surface area (Å²) in [5.41, 5.74) is 0. The maximum atomic E-state index is 11.2. The molecule has 4 nitrogen and oxygen atoms in total. The molecule has 2 atom stereocenters. The van der Waals surface area contributed by atoms with Gasteiger partial charge in [0.15, 0.2) is 11.1 Å². The van der Waals surface area contributed by atoms with Crippen LogP contribution in [0.25, 0.3) is 0 Å². The molecule has 2 unspecified atom stereocenters. The van der Waals surface area contributed by atoms with Gasteiger partial charge < -0.3 is 9.57 Å². The van der Waals surface area contributed by atoms with Crippen molar-refractivity contribution in [3.8, 4) is 0 Å². The third-order valence-corrected chi connectivity index (χ3v) is 1.88. The maximum Gasteiger partial charge on any atom is 0.320 e. The molecule has 1 heterocycles. The quantitative estimate of drug-likeness (QED) is 0.615. The zero-order valence-electron chi connectivity index (χ0n) is 6.91. The van der Waals surface area contributed by atoms with Gasteiger partial charge in [-0.15, -0.1) is 0 Å². The van der Waals surface area contributed by atoms with Crippen molar-refractivity contribution in [1.29, 1.82) is 0 Å². The Morgan fingerprint density at radius 3 is 2.92 bits per heavy atom. The molecule has 68 valence electrons. The Hall–Kier alpha value is -0.770. The third kappa shape index (κ3) is 1.69. The highest BCUT2D eigenvalue weighted by Crippen LogP contribution is 2.21. The average Bonchev–Trinajstić information content (AvgIpc) is 2.32. The minimum atomic E-state index is -0.549. The molecule has 0 saturated carbocycles. The van der Waals surface area contributed by atoms with Crippen LogP contribution in [-0.4, -0.2) is 23.9 Å². The van der Waals surface area contributed by atoms with E-state index in [1.54, 1.807) is 13.8 Å². The van der Waals surface area contributed by atoms with Crippen LogP contribution < -0.4 is 0 Å². The lowest BCUT2D eigenvalue weighted by Gasteiger charge is -2.10. The van der Waals surface area contributed by atoms with Gasteiger partial charge in [-0.3, -0.25) is 4.79 Å². The van der Waals surface area contributed by atoms with E-state index in [0.717, 1.165) is 0 Å². The standard InChI is InChI=1S/C7H10ClNO3/c1-3-11-7(10)5-4(2)12-9-6(5)8/h4-5H,3H2,1-2H3. The maximum absolute atomic E-state index is 11.2. The fourth-order valence-corrected chi connectivity index (χ4v) is 1.27. The van der Waals surface area contributed by atoms with Gasteiger partial charge in [-0.25, -0.2) is 0 Å². The molecule has 0 bridgehead atoms. The van der Waals surface area contributed by atoms with E-state index in [4.69, 9.17) is 21.2 Å². The molecule has 0 N–H and O–H groups in total. The lowest BCUT2D eigenvalue weighted by Crippen LogP contribution is -2.28. The summed E-state index contributed by atoms with van der Waals surface area (Å²) in [4.78, 5) is 16.0.